The van der Waals surface area contributed by atoms with Gasteiger partial charge in [-0.15, -0.1) is 0 Å². The number of nitrogens with zero attached hydrogens (tertiary/aromatic N) is 1. The van der Waals surface area contributed by atoms with Crippen LogP contribution < -0.4 is 10.2 Å². The second-order valence-corrected chi connectivity index (χ2v) is 4.71. The highest BCUT2D eigenvalue weighted by atomic mass is 19.1. The molecule has 1 heterocycles. The van der Waals surface area contributed by atoms with E-state index in [1.54, 1.807) is 6.07 Å². The van der Waals surface area contributed by atoms with Crippen molar-refractivity contribution >= 4 is 11.4 Å². The normalized spacial score (nSPS) is 17.3. The first-order valence-electron chi connectivity index (χ1n) is 6.75. The van der Waals surface area contributed by atoms with Crippen LogP contribution in [0.15, 0.2) is 18.2 Å². The Kier molecular flexibility index (Phi) is 4.99. The fraction of sp³-hybridized carbons (Fsp3) is 0.571. The van der Waals surface area contributed by atoms with E-state index in [1.165, 1.54) is 6.07 Å². The van der Waals surface area contributed by atoms with Crippen molar-refractivity contribution in [3.8, 4) is 0 Å². The summed E-state index contributed by atoms with van der Waals surface area (Å²) in [5, 5.41) is 12.5. The van der Waals surface area contributed by atoms with Crippen LogP contribution in [-0.2, 0) is 4.74 Å². The molecule has 0 saturated carbocycles. The molecule has 0 unspecified atom stereocenters. The molecule has 0 amide bonds. The first-order chi connectivity index (χ1) is 9.20. The van der Waals surface area contributed by atoms with E-state index >= 15 is 0 Å². The third-order valence-corrected chi connectivity index (χ3v) is 3.31. The van der Waals surface area contributed by atoms with Crippen molar-refractivity contribution < 1.29 is 14.2 Å². The maximum Gasteiger partial charge on any atom is 0.148 e. The molecule has 2 N–H and O–H groups in total. The molecular formula is C14H21FN2O2. The molecule has 0 spiro atoms. The summed E-state index contributed by atoms with van der Waals surface area (Å²) < 4.78 is 19.3. The number of morpholine rings is 1. The van der Waals surface area contributed by atoms with E-state index in [0.717, 1.165) is 13.1 Å². The van der Waals surface area contributed by atoms with Gasteiger partial charge in [0.1, 0.15) is 5.82 Å². The Labute approximate surface area is 113 Å². The fourth-order valence-electron chi connectivity index (χ4n) is 2.06. The van der Waals surface area contributed by atoms with E-state index in [2.05, 4.69) is 5.32 Å². The maximum atomic E-state index is 14.1. The van der Waals surface area contributed by atoms with Crippen molar-refractivity contribution in [1.29, 1.82) is 0 Å². The Bertz CT molecular complexity index is 408. The Morgan fingerprint density at radius 2 is 2.16 bits per heavy atom. The molecule has 2 rings (SSSR count). The van der Waals surface area contributed by atoms with Gasteiger partial charge in [-0.25, -0.2) is 4.39 Å². The summed E-state index contributed by atoms with van der Waals surface area (Å²) in [6.45, 7) is 5.07. The number of nitrogens with one attached hydrogen (secondary N) is 1. The second kappa shape index (κ2) is 6.73. The van der Waals surface area contributed by atoms with Crippen LogP contribution in [0.5, 0.6) is 0 Å². The van der Waals surface area contributed by atoms with E-state index in [9.17, 15) is 9.50 Å². The molecule has 106 valence electrons. The van der Waals surface area contributed by atoms with Crippen LogP contribution in [0.1, 0.15) is 13.3 Å². The summed E-state index contributed by atoms with van der Waals surface area (Å²) in [5.41, 5.74) is 1.31. The Hall–Kier alpha value is -1.33. The molecule has 4 nitrogen and oxygen atoms in total. The summed E-state index contributed by atoms with van der Waals surface area (Å²) in [4.78, 5) is 1.99. The standard InChI is InChI=1S/C14H21FN2O2/c1-2-12(18)10-16-11-3-4-14(13(15)9-11)17-5-7-19-8-6-17/h3-4,9,12,16,18H,2,5-8,10H2,1H3/t12-/m1/s1. The van der Waals surface area contributed by atoms with E-state index < -0.39 is 6.10 Å². The molecule has 1 atom stereocenters. The van der Waals surface area contributed by atoms with Crippen molar-refractivity contribution in [2.45, 2.75) is 19.4 Å². The average molecular weight is 268 g/mol. The van der Waals surface area contributed by atoms with Gasteiger partial charge in [-0.3, -0.25) is 0 Å². The number of ether oxygens (including phenoxy) is 1. The third-order valence-electron chi connectivity index (χ3n) is 3.31. The molecular weight excluding hydrogens is 247 g/mol. The molecule has 0 bridgehead atoms. The van der Waals surface area contributed by atoms with Gasteiger partial charge in [0.05, 0.1) is 25.0 Å². The minimum Gasteiger partial charge on any atom is -0.391 e. The van der Waals surface area contributed by atoms with Crippen LogP contribution in [0, 0.1) is 5.82 Å². The summed E-state index contributed by atoms with van der Waals surface area (Å²) in [5.74, 6) is -0.238. The molecule has 1 aliphatic heterocycles. The fourth-order valence-corrected chi connectivity index (χ4v) is 2.06. The van der Waals surface area contributed by atoms with E-state index in [-0.39, 0.29) is 5.82 Å². The van der Waals surface area contributed by atoms with E-state index in [1.807, 2.05) is 17.9 Å². The SMILES string of the molecule is CC[C@@H](O)CNc1ccc(N2CCOCC2)c(F)c1. The highest BCUT2D eigenvalue weighted by molar-refractivity contribution is 5.56. The number of anilines is 2. The molecule has 1 aromatic carbocycles. The number of rotatable bonds is 5. The minimum absolute atomic E-state index is 0.238. The van der Waals surface area contributed by atoms with Gasteiger partial charge in [0.15, 0.2) is 0 Å². The molecule has 1 fully saturated rings. The molecule has 5 heteroatoms. The van der Waals surface area contributed by atoms with Crippen LogP contribution in [-0.4, -0.2) is 44.1 Å². The zero-order valence-electron chi connectivity index (χ0n) is 11.2. The number of aliphatic hydroxyl groups excluding tert-OH is 1. The van der Waals surface area contributed by atoms with Crippen molar-refractivity contribution in [3.05, 3.63) is 24.0 Å². The van der Waals surface area contributed by atoms with Crippen molar-refractivity contribution in [1.82, 2.24) is 0 Å². The van der Waals surface area contributed by atoms with Crippen molar-refractivity contribution in [2.24, 2.45) is 0 Å². The summed E-state index contributed by atoms with van der Waals surface area (Å²) in [6.07, 6.45) is 0.281. The predicted molar refractivity (Wildman–Crippen MR) is 74.2 cm³/mol. The van der Waals surface area contributed by atoms with Gasteiger partial charge in [-0.2, -0.15) is 0 Å². The topological polar surface area (TPSA) is 44.7 Å². The molecule has 1 saturated heterocycles. The van der Waals surface area contributed by atoms with Gasteiger partial charge in [0.2, 0.25) is 0 Å². The summed E-state index contributed by atoms with van der Waals surface area (Å²) in [7, 11) is 0. The van der Waals surface area contributed by atoms with Gasteiger partial charge in [-0.05, 0) is 24.6 Å². The second-order valence-electron chi connectivity index (χ2n) is 4.71. The number of halogens is 1. The minimum atomic E-state index is -0.401. The zero-order valence-corrected chi connectivity index (χ0v) is 11.2. The lowest BCUT2D eigenvalue weighted by Gasteiger charge is -2.29. The van der Waals surface area contributed by atoms with Crippen LogP contribution in [0.3, 0.4) is 0 Å². The number of hydrogen-bond acceptors (Lipinski definition) is 4. The smallest absolute Gasteiger partial charge is 0.148 e. The monoisotopic (exact) mass is 268 g/mol. The van der Waals surface area contributed by atoms with Crippen molar-refractivity contribution in [3.63, 3.8) is 0 Å². The van der Waals surface area contributed by atoms with Gasteiger partial charge in [0, 0.05) is 25.3 Å². The number of hydrogen-bond donors (Lipinski definition) is 2. The molecule has 19 heavy (non-hydrogen) atoms. The van der Waals surface area contributed by atoms with Crippen LogP contribution >= 0.6 is 0 Å². The van der Waals surface area contributed by atoms with E-state index in [4.69, 9.17) is 4.74 Å². The predicted octanol–water partition coefficient (Wildman–Crippen LogP) is 1.85. The molecule has 1 aromatic rings. The van der Waals surface area contributed by atoms with Gasteiger partial charge >= 0.3 is 0 Å². The highest BCUT2D eigenvalue weighted by Gasteiger charge is 2.15. The van der Waals surface area contributed by atoms with Crippen LogP contribution in [0.4, 0.5) is 15.8 Å². The van der Waals surface area contributed by atoms with E-state index in [0.29, 0.717) is 37.6 Å². The molecule has 0 radical (unpaired) electrons. The van der Waals surface area contributed by atoms with Crippen molar-refractivity contribution in [2.75, 3.05) is 43.1 Å². The lowest BCUT2D eigenvalue weighted by molar-refractivity contribution is 0.122. The molecule has 1 aliphatic rings. The van der Waals surface area contributed by atoms with Crippen LogP contribution in [0.25, 0.3) is 0 Å². The average Bonchev–Trinajstić information content (AvgIpc) is 2.45. The highest BCUT2D eigenvalue weighted by Crippen LogP contribution is 2.23. The Morgan fingerprint density at radius 1 is 1.42 bits per heavy atom. The lowest BCUT2D eigenvalue weighted by Crippen LogP contribution is -2.36. The van der Waals surface area contributed by atoms with Gasteiger partial charge < -0.3 is 20.1 Å². The third kappa shape index (κ3) is 3.81. The molecule has 0 aromatic heterocycles. The first-order valence-corrected chi connectivity index (χ1v) is 6.75. The Balaban J connectivity index is 2.00. The summed E-state index contributed by atoms with van der Waals surface area (Å²) in [6, 6.07) is 5.10. The van der Waals surface area contributed by atoms with Gasteiger partial charge in [-0.1, -0.05) is 6.92 Å². The zero-order chi connectivity index (χ0) is 13.7. The largest absolute Gasteiger partial charge is 0.391 e. The Morgan fingerprint density at radius 3 is 2.79 bits per heavy atom. The quantitative estimate of drug-likeness (QED) is 0.855. The maximum absolute atomic E-state index is 14.1. The van der Waals surface area contributed by atoms with Gasteiger partial charge in [0.25, 0.3) is 0 Å². The van der Waals surface area contributed by atoms with Crippen LogP contribution in [0.2, 0.25) is 0 Å². The molecule has 0 aliphatic carbocycles. The first kappa shape index (κ1) is 14.1. The lowest BCUT2D eigenvalue weighted by atomic mass is 10.2. The number of benzene rings is 1. The summed E-state index contributed by atoms with van der Waals surface area (Å²) >= 11 is 0. The number of aliphatic hydroxyl groups is 1.